The molecule has 1 aromatic rings. The van der Waals surface area contributed by atoms with Gasteiger partial charge in [0.15, 0.2) is 0 Å². The Kier molecular flexibility index (Phi) is 7.11. The molecule has 1 fully saturated rings. The summed E-state index contributed by atoms with van der Waals surface area (Å²) >= 11 is 0. The van der Waals surface area contributed by atoms with Crippen molar-refractivity contribution in [3.63, 3.8) is 0 Å². The molecule has 1 saturated heterocycles. The van der Waals surface area contributed by atoms with E-state index in [1.807, 2.05) is 23.1 Å². The van der Waals surface area contributed by atoms with Gasteiger partial charge in [-0.3, -0.25) is 4.79 Å². The Bertz CT molecular complexity index is 444. The summed E-state index contributed by atoms with van der Waals surface area (Å²) in [4.78, 5) is 16.6. The number of amides is 1. The molecule has 2 N–H and O–H groups in total. The van der Waals surface area contributed by atoms with Crippen LogP contribution in [0.3, 0.4) is 0 Å². The minimum absolute atomic E-state index is 0. The van der Waals surface area contributed by atoms with Gasteiger partial charge in [0.2, 0.25) is 5.91 Å². The van der Waals surface area contributed by atoms with E-state index in [1.54, 1.807) is 7.11 Å². The standard InChI is InChI=1S/C15H23N3O2.ClH/c1-17-8-9-18(15(19)13(16)11-20-2)14(10-17)12-6-4-3-5-7-12;/h3-7,13-14H,8-11,16H2,1-2H3;1H. The number of ether oxygens (including phenoxy) is 1. The first-order chi connectivity index (χ1) is 9.63. The van der Waals surface area contributed by atoms with Crippen LogP contribution in [0.15, 0.2) is 30.3 Å². The second-order valence-electron chi connectivity index (χ2n) is 5.28. The molecule has 0 bridgehead atoms. The van der Waals surface area contributed by atoms with Crippen LogP contribution in [-0.2, 0) is 9.53 Å². The molecule has 1 amide bonds. The van der Waals surface area contributed by atoms with Crippen molar-refractivity contribution in [2.75, 3.05) is 40.4 Å². The van der Waals surface area contributed by atoms with Gasteiger partial charge in [-0.1, -0.05) is 30.3 Å². The highest BCUT2D eigenvalue weighted by Gasteiger charge is 2.32. The smallest absolute Gasteiger partial charge is 0.242 e. The predicted molar refractivity (Wildman–Crippen MR) is 85.5 cm³/mol. The Morgan fingerprint density at radius 3 is 2.67 bits per heavy atom. The van der Waals surface area contributed by atoms with Crippen LogP contribution in [0.1, 0.15) is 11.6 Å². The fourth-order valence-electron chi connectivity index (χ4n) is 2.61. The largest absolute Gasteiger partial charge is 0.383 e. The molecule has 1 aliphatic rings. The van der Waals surface area contributed by atoms with E-state index in [0.29, 0.717) is 6.54 Å². The van der Waals surface area contributed by atoms with Crippen LogP contribution in [0.2, 0.25) is 0 Å². The van der Waals surface area contributed by atoms with Crippen LogP contribution in [0.4, 0.5) is 0 Å². The van der Waals surface area contributed by atoms with Gasteiger partial charge >= 0.3 is 0 Å². The monoisotopic (exact) mass is 313 g/mol. The number of piperazine rings is 1. The number of hydrogen-bond donors (Lipinski definition) is 1. The van der Waals surface area contributed by atoms with Crippen LogP contribution in [-0.4, -0.2) is 62.1 Å². The number of likely N-dealkylation sites (N-methyl/N-ethyl adjacent to an activating group) is 1. The minimum atomic E-state index is -0.588. The van der Waals surface area contributed by atoms with Gasteiger partial charge in [-0.15, -0.1) is 12.4 Å². The zero-order valence-electron chi connectivity index (χ0n) is 12.6. The molecule has 5 nitrogen and oxygen atoms in total. The van der Waals surface area contributed by atoms with E-state index in [9.17, 15) is 4.79 Å². The third kappa shape index (κ3) is 4.41. The molecular weight excluding hydrogens is 290 g/mol. The Labute approximate surface area is 132 Å². The molecule has 1 aliphatic heterocycles. The molecule has 0 radical (unpaired) electrons. The van der Waals surface area contributed by atoms with Gasteiger partial charge in [0, 0.05) is 26.7 Å². The Balaban J connectivity index is 0.00000220. The molecule has 118 valence electrons. The van der Waals surface area contributed by atoms with Crippen molar-refractivity contribution in [2.45, 2.75) is 12.1 Å². The molecule has 6 heteroatoms. The number of rotatable bonds is 4. The summed E-state index contributed by atoms with van der Waals surface area (Å²) < 4.78 is 4.99. The van der Waals surface area contributed by atoms with Crippen LogP contribution in [0.25, 0.3) is 0 Å². The number of carbonyl (C=O) groups is 1. The second kappa shape index (κ2) is 8.34. The van der Waals surface area contributed by atoms with Crippen molar-refractivity contribution in [2.24, 2.45) is 5.73 Å². The Hall–Kier alpha value is -1.14. The predicted octanol–water partition coefficient (Wildman–Crippen LogP) is 0.897. The maximum absolute atomic E-state index is 12.5. The van der Waals surface area contributed by atoms with Crippen molar-refractivity contribution < 1.29 is 9.53 Å². The first-order valence-corrected chi connectivity index (χ1v) is 6.92. The van der Waals surface area contributed by atoms with Crippen molar-refractivity contribution >= 4 is 18.3 Å². The zero-order valence-corrected chi connectivity index (χ0v) is 13.4. The summed E-state index contributed by atoms with van der Waals surface area (Å²) in [7, 11) is 3.64. The van der Waals surface area contributed by atoms with E-state index < -0.39 is 6.04 Å². The summed E-state index contributed by atoms with van der Waals surface area (Å²) in [5, 5.41) is 0. The van der Waals surface area contributed by atoms with E-state index in [0.717, 1.165) is 18.7 Å². The number of methoxy groups -OCH3 is 1. The van der Waals surface area contributed by atoms with Crippen molar-refractivity contribution in [1.82, 2.24) is 9.80 Å². The van der Waals surface area contributed by atoms with E-state index >= 15 is 0 Å². The summed E-state index contributed by atoms with van der Waals surface area (Å²) in [6.45, 7) is 2.66. The van der Waals surface area contributed by atoms with Gasteiger partial charge in [-0.25, -0.2) is 0 Å². The van der Waals surface area contributed by atoms with E-state index in [4.69, 9.17) is 10.5 Å². The molecule has 0 saturated carbocycles. The molecular formula is C15H24ClN3O2. The average molecular weight is 314 g/mol. The van der Waals surface area contributed by atoms with E-state index in [2.05, 4.69) is 24.1 Å². The number of benzene rings is 1. The fourth-order valence-corrected chi connectivity index (χ4v) is 2.61. The molecule has 21 heavy (non-hydrogen) atoms. The molecule has 1 aromatic carbocycles. The number of hydrogen-bond acceptors (Lipinski definition) is 4. The second-order valence-corrected chi connectivity index (χ2v) is 5.28. The summed E-state index contributed by atoms with van der Waals surface area (Å²) in [6, 6.07) is 9.58. The lowest BCUT2D eigenvalue weighted by Crippen LogP contribution is -2.54. The molecule has 2 unspecified atom stereocenters. The van der Waals surface area contributed by atoms with Gasteiger partial charge in [0.25, 0.3) is 0 Å². The summed E-state index contributed by atoms with van der Waals surface area (Å²) in [5.41, 5.74) is 7.05. The lowest BCUT2D eigenvalue weighted by molar-refractivity contribution is -0.138. The third-order valence-corrected chi connectivity index (χ3v) is 3.71. The quantitative estimate of drug-likeness (QED) is 0.897. The maximum Gasteiger partial charge on any atom is 0.242 e. The lowest BCUT2D eigenvalue weighted by Gasteiger charge is -2.41. The third-order valence-electron chi connectivity index (χ3n) is 3.71. The molecule has 0 aromatic heterocycles. The molecule has 1 heterocycles. The summed E-state index contributed by atoms with van der Waals surface area (Å²) in [6.07, 6.45) is 0. The number of nitrogens with zero attached hydrogens (tertiary/aromatic N) is 2. The average Bonchev–Trinajstić information content (AvgIpc) is 2.47. The Morgan fingerprint density at radius 1 is 1.38 bits per heavy atom. The highest BCUT2D eigenvalue weighted by Crippen LogP contribution is 2.25. The van der Waals surface area contributed by atoms with Gasteiger partial charge in [-0.2, -0.15) is 0 Å². The first-order valence-electron chi connectivity index (χ1n) is 6.92. The van der Waals surface area contributed by atoms with Crippen LogP contribution in [0.5, 0.6) is 0 Å². The number of nitrogens with two attached hydrogens (primary N) is 1. The van der Waals surface area contributed by atoms with Crippen LogP contribution < -0.4 is 5.73 Å². The number of carbonyl (C=O) groups excluding carboxylic acids is 1. The van der Waals surface area contributed by atoms with Gasteiger partial charge in [-0.05, 0) is 12.6 Å². The first kappa shape index (κ1) is 17.9. The van der Waals surface area contributed by atoms with E-state index in [-0.39, 0.29) is 31.0 Å². The maximum atomic E-state index is 12.5. The van der Waals surface area contributed by atoms with Crippen LogP contribution >= 0.6 is 12.4 Å². The van der Waals surface area contributed by atoms with Crippen molar-refractivity contribution in [1.29, 1.82) is 0 Å². The normalized spacial score (nSPS) is 20.7. The van der Waals surface area contributed by atoms with Gasteiger partial charge < -0.3 is 20.3 Å². The molecule has 2 rings (SSSR count). The highest BCUT2D eigenvalue weighted by atomic mass is 35.5. The van der Waals surface area contributed by atoms with Crippen molar-refractivity contribution in [3.05, 3.63) is 35.9 Å². The highest BCUT2D eigenvalue weighted by molar-refractivity contribution is 5.85. The number of halogens is 1. The molecule has 0 spiro atoms. The van der Waals surface area contributed by atoms with E-state index in [1.165, 1.54) is 0 Å². The Morgan fingerprint density at radius 2 is 2.05 bits per heavy atom. The summed E-state index contributed by atoms with van der Waals surface area (Å²) in [5.74, 6) is -0.0335. The molecule has 2 atom stereocenters. The van der Waals surface area contributed by atoms with Crippen LogP contribution in [0, 0.1) is 0 Å². The topological polar surface area (TPSA) is 58.8 Å². The molecule has 0 aliphatic carbocycles. The van der Waals surface area contributed by atoms with Gasteiger partial charge in [0.05, 0.1) is 12.6 Å². The van der Waals surface area contributed by atoms with Gasteiger partial charge in [0.1, 0.15) is 6.04 Å². The van der Waals surface area contributed by atoms with Crippen molar-refractivity contribution in [3.8, 4) is 0 Å². The zero-order chi connectivity index (χ0) is 14.5. The SMILES string of the molecule is COCC(N)C(=O)N1CCN(C)CC1c1ccccc1.Cl. The fraction of sp³-hybridized carbons (Fsp3) is 0.533. The minimum Gasteiger partial charge on any atom is -0.383 e. The lowest BCUT2D eigenvalue weighted by atomic mass is 10.0.